The number of allylic oxidation sites excluding steroid dienone is 2. The number of rotatable bonds is 1. The van der Waals surface area contributed by atoms with E-state index in [4.69, 9.17) is 10.5 Å². The van der Waals surface area contributed by atoms with Gasteiger partial charge in [0.2, 0.25) is 0 Å². The summed E-state index contributed by atoms with van der Waals surface area (Å²) in [5.41, 5.74) is 1.11. The summed E-state index contributed by atoms with van der Waals surface area (Å²) in [6, 6.07) is 10.3. The average molecular weight is 210 g/mol. The van der Waals surface area contributed by atoms with Gasteiger partial charge in [-0.25, -0.2) is 0 Å². The maximum atomic E-state index is 9.02. The quantitative estimate of drug-likeness (QED) is 0.664. The average Bonchev–Trinajstić information content (AvgIpc) is 2.39. The topological polar surface area (TPSA) is 51.5 Å². The van der Waals surface area contributed by atoms with Crippen molar-refractivity contribution < 1.29 is 4.57 Å². The van der Waals surface area contributed by atoms with Crippen LogP contribution in [0.15, 0.2) is 36.7 Å². The summed E-state index contributed by atoms with van der Waals surface area (Å²) in [6.07, 6.45) is 7.32. The first-order chi connectivity index (χ1) is 7.85. The van der Waals surface area contributed by atoms with Crippen LogP contribution in [0.1, 0.15) is 12.8 Å². The zero-order valence-electron chi connectivity index (χ0n) is 8.87. The first kappa shape index (κ1) is 10.4. The smallest absolute Gasteiger partial charge is 0.184 e. The summed E-state index contributed by atoms with van der Waals surface area (Å²) in [4.78, 5) is 0. The molecule has 0 amide bonds. The molecule has 1 aliphatic carbocycles. The summed E-state index contributed by atoms with van der Waals surface area (Å²) < 4.78 is 2.01. The molecule has 2 rings (SSSR count). The molecule has 0 saturated carbocycles. The minimum Gasteiger partial charge on any atom is -0.198 e. The Labute approximate surface area is 94.9 Å². The molecule has 3 nitrogen and oxygen atoms in total. The Balaban J connectivity index is 2.25. The third kappa shape index (κ3) is 1.94. The van der Waals surface area contributed by atoms with E-state index in [-0.39, 0.29) is 11.8 Å². The van der Waals surface area contributed by atoms with Gasteiger partial charge in [0.25, 0.3) is 0 Å². The van der Waals surface area contributed by atoms with E-state index in [1.807, 2.05) is 35.2 Å². The molecule has 0 radical (unpaired) electrons. The Morgan fingerprint density at radius 2 is 1.75 bits per heavy atom. The molecular formula is C13H12N3+. The van der Waals surface area contributed by atoms with Crippen LogP contribution < -0.4 is 4.57 Å². The Morgan fingerprint density at radius 3 is 2.38 bits per heavy atom. The van der Waals surface area contributed by atoms with Crippen LogP contribution in [0.3, 0.4) is 0 Å². The fourth-order valence-electron chi connectivity index (χ4n) is 1.96. The van der Waals surface area contributed by atoms with Crippen LogP contribution in [0.5, 0.6) is 0 Å². The predicted octanol–water partition coefficient (Wildman–Crippen LogP) is 1.89. The monoisotopic (exact) mass is 210 g/mol. The number of aromatic nitrogens is 1. The number of pyridine rings is 1. The highest BCUT2D eigenvalue weighted by Gasteiger charge is 2.29. The molecule has 2 atom stereocenters. The van der Waals surface area contributed by atoms with Gasteiger partial charge in [0.15, 0.2) is 18.1 Å². The Hall–Kier alpha value is -2.13. The van der Waals surface area contributed by atoms with Crippen molar-refractivity contribution in [2.75, 3.05) is 0 Å². The van der Waals surface area contributed by atoms with Crippen LogP contribution in [0.25, 0.3) is 5.70 Å². The Bertz CT molecular complexity index is 476. The third-order valence-electron chi connectivity index (χ3n) is 2.90. The van der Waals surface area contributed by atoms with Crippen LogP contribution in [0.4, 0.5) is 0 Å². The van der Waals surface area contributed by atoms with Gasteiger partial charge in [0, 0.05) is 18.6 Å². The zero-order valence-corrected chi connectivity index (χ0v) is 8.87. The molecular weight excluding hydrogens is 198 g/mol. The van der Waals surface area contributed by atoms with Gasteiger partial charge in [-0.2, -0.15) is 15.1 Å². The Kier molecular flexibility index (Phi) is 2.98. The second-order valence-electron chi connectivity index (χ2n) is 3.89. The zero-order chi connectivity index (χ0) is 11.4. The lowest BCUT2D eigenvalue weighted by Gasteiger charge is -2.17. The summed E-state index contributed by atoms with van der Waals surface area (Å²) in [5, 5.41) is 17.9. The van der Waals surface area contributed by atoms with Gasteiger partial charge in [-0.15, -0.1) is 0 Å². The van der Waals surface area contributed by atoms with Crippen molar-refractivity contribution >= 4 is 5.70 Å². The molecule has 0 saturated heterocycles. The largest absolute Gasteiger partial charge is 0.198 e. The van der Waals surface area contributed by atoms with E-state index in [1.54, 1.807) is 0 Å². The SMILES string of the molecule is N#C[C@@H]1CC=C([n+]2ccccc2)C[C@H]1C#N. The highest BCUT2D eigenvalue weighted by Crippen LogP contribution is 2.28. The lowest BCUT2D eigenvalue weighted by Crippen LogP contribution is -2.34. The lowest BCUT2D eigenvalue weighted by atomic mass is 9.83. The predicted molar refractivity (Wildman–Crippen MR) is 58.4 cm³/mol. The van der Waals surface area contributed by atoms with Gasteiger partial charge in [-0.05, 0) is 12.5 Å². The van der Waals surface area contributed by atoms with Crippen molar-refractivity contribution in [1.29, 1.82) is 10.5 Å². The molecule has 1 heterocycles. The van der Waals surface area contributed by atoms with Gasteiger partial charge in [-0.3, -0.25) is 0 Å². The standard InChI is InChI=1S/C13H12N3/c14-9-11-4-5-13(8-12(11)10-15)16-6-2-1-3-7-16/h1-3,5-7,11-12H,4,8H2/q+1/t11-,12-/m0/s1. The number of nitriles is 2. The second-order valence-corrected chi connectivity index (χ2v) is 3.89. The van der Waals surface area contributed by atoms with E-state index < -0.39 is 0 Å². The van der Waals surface area contributed by atoms with Crippen LogP contribution in [-0.2, 0) is 0 Å². The first-order valence-corrected chi connectivity index (χ1v) is 5.30. The normalized spacial score (nSPS) is 24.0. The molecule has 0 unspecified atom stereocenters. The fourth-order valence-corrected chi connectivity index (χ4v) is 1.96. The fraction of sp³-hybridized carbons (Fsp3) is 0.308. The van der Waals surface area contributed by atoms with Crippen LogP contribution in [0, 0.1) is 34.5 Å². The van der Waals surface area contributed by atoms with E-state index in [1.165, 1.54) is 0 Å². The molecule has 3 heteroatoms. The van der Waals surface area contributed by atoms with Crippen LogP contribution in [0.2, 0.25) is 0 Å². The third-order valence-corrected chi connectivity index (χ3v) is 2.90. The highest BCUT2D eigenvalue weighted by atomic mass is 14.9. The van der Waals surface area contributed by atoms with Crippen molar-refractivity contribution in [3.8, 4) is 12.1 Å². The summed E-state index contributed by atoms with van der Waals surface area (Å²) in [7, 11) is 0. The minimum atomic E-state index is -0.183. The maximum Gasteiger partial charge on any atom is 0.184 e. The maximum absolute atomic E-state index is 9.02. The van der Waals surface area contributed by atoms with Gasteiger partial charge < -0.3 is 0 Å². The number of nitrogens with zero attached hydrogens (tertiary/aromatic N) is 3. The highest BCUT2D eigenvalue weighted by molar-refractivity contribution is 5.38. The molecule has 1 aliphatic rings. The summed E-state index contributed by atoms with van der Waals surface area (Å²) in [6.45, 7) is 0. The van der Waals surface area contributed by atoms with Crippen molar-refractivity contribution in [3.05, 3.63) is 36.7 Å². The van der Waals surface area contributed by atoms with Gasteiger partial charge in [-0.1, -0.05) is 6.07 Å². The molecule has 0 fully saturated rings. The summed E-state index contributed by atoms with van der Waals surface area (Å²) in [5.74, 6) is -0.337. The lowest BCUT2D eigenvalue weighted by molar-refractivity contribution is -0.584. The van der Waals surface area contributed by atoms with Gasteiger partial charge in [0.1, 0.15) is 0 Å². The molecule has 78 valence electrons. The first-order valence-electron chi connectivity index (χ1n) is 5.30. The van der Waals surface area contributed by atoms with E-state index in [9.17, 15) is 0 Å². The molecule has 0 bridgehead atoms. The molecule has 0 N–H and O–H groups in total. The van der Waals surface area contributed by atoms with Gasteiger partial charge in [0.05, 0.1) is 24.0 Å². The van der Waals surface area contributed by atoms with Crippen molar-refractivity contribution in [2.45, 2.75) is 12.8 Å². The van der Waals surface area contributed by atoms with Crippen molar-refractivity contribution in [3.63, 3.8) is 0 Å². The Morgan fingerprint density at radius 1 is 1.06 bits per heavy atom. The second kappa shape index (κ2) is 4.59. The van der Waals surface area contributed by atoms with E-state index in [2.05, 4.69) is 18.2 Å². The molecule has 0 aromatic carbocycles. The molecule has 16 heavy (non-hydrogen) atoms. The molecule has 1 aromatic rings. The van der Waals surface area contributed by atoms with E-state index in [0.717, 1.165) is 5.70 Å². The summed E-state index contributed by atoms with van der Waals surface area (Å²) >= 11 is 0. The van der Waals surface area contributed by atoms with E-state index >= 15 is 0 Å². The van der Waals surface area contributed by atoms with E-state index in [0.29, 0.717) is 12.8 Å². The molecule has 0 aliphatic heterocycles. The number of hydrogen-bond donors (Lipinski definition) is 0. The van der Waals surface area contributed by atoms with Crippen molar-refractivity contribution in [2.24, 2.45) is 11.8 Å². The van der Waals surface area contributed by atoms with Crippen molar-refractivity contribution in [1.82, 2.24) is 0 Å². The molecule has 1 aromatic heterocycles. The van der Waals surface area contributed by atoms with Crippen LogP contribution >= 0.6 is 0 Å². The van der Waals surface area contributed by atoms with Gasteiger partial charge >= 0.3 is 0 Å². The molecule has 0 spiro atoms. The number of hydrogen-bond acceptors (Lipinski definition) is 2. The van der Waals surface area contributed by atoms with Crippen LogP contribution in [-0.4, -0.2) is 0 Å². The minimum absolute atomic E-state index is 0.155.